The number of halogens is 1. The van der Waals surface area contributed by atoms with Crippen molar-refractivity contribution in [3.8, 4) is 0 Å². The smallest absolute Gasteiger partial charge is 0.268 e. The molecule has 2 heterocycles. The number of aryl methyl sites for hydroxylation is 1. The maximum atomic E-state index is 13.4. The monoisotopic (exact) mass is 424 g/mol. The van der Waals surface area contributed by atoms with Gasteiger partial charge in [-0.3, -0.25) is 9.59 Å². The molecule has 0 saturated carbocycles. The number of amides is 1. The lowest BCUT2D eigenvalue weighted by Gasteiger charge is -2.21. The Balaban J connectivity index is 1.89. The fourth-order valence-electron chi connectivity index (χ4n) is 3.67. The van der Waals surface area contributed by atoms with E-state index in [-0.39, 0.29) is 11.5 Å². The molecule has 0 bridgehead atoms. The van der Waals surface area contributed by atoms with Crippen LogP contribution in [0, 0.1) is 0 Å². The summed E-state index contributed by atoms with van der Waals surface area (Å²) >= 11 is 7.53. The maximum absolute atomic E-state index is 13.4. The largest absolute Gasteiger partial charge is 0.308 e. The first-order chi connectivity index (χ1) is 14.0. The molecule has 6 heteroatoms. The Morgan fingerprint density at radius 2 is 1.86 bits per heavy atom. The first-order valence-electron chi connectivity index (χ1n) is 9.67. The van der Waals surface area contributed by atoms with Gasteiger partial charge < -0.3 is 9.47 Å². The van der Waals surface area contributed by atoms with Crippen LogP contribution in [0.2, 0.25) is 5.02 Å². The molecule has 0 unspecified atom stereocenters. The standard InChI is InChI=1S/C23H21ClN2O2S/c1-3-12-26(16-9-7-8-15(24)13-16)23(28)20-14-18-21(29-20)17-10-5-6-11-19(17)25(4-2)22(18)27/h5-11,13-14H,3-4,12H2,1-2H3. The molecule has 0 aliphatic carbocycles. The van der Waals surface area contributed by atoms with Crippen molar-refractivity contribution in [3.05, 3.63) is 74.9 Å². The van der Waals surface area contributed by atoms with Gasteiger partial charge in [0.25, 0.3) is 11.5 Å². The summed E-state index contributed by atoms with van der Waals surface area (Å²) in [5, 5.41) is 2.18. The Morgan fingerprint density at radius 1 is 1.07 bits per heavy atom. The molecule has 1 amide bonds. The molecular weight excluding hydrogens is 404 g/mol. The average molecular weight is 425 g/mol. The van der Waals surface area contributed by atoms with Gasteiger partial charge in [-0.25, -0.2) is 0 Å². The van der Waals surface area contributed by atoms with Crippen molar-refractivity contribution in [1.82, 2.24) is 4.57 Å². The van der Waals surface area contributed by atoms with Gasteiger partial charge in [0.15, 0.2) is 0 Å². The van der Waals surface area contributed by atoms with Gasteiger partial charge in [-0.1, -0.05) is 42.8 Å². The molecule has 0 spiro atoms. The fraction of sp³-hybridized carbons (Fsp3) is 0.217. The third kappa shape index (κ3) is 3.45. The van der Waals surface area contributed by atoms with Crippen molar-refractivity contribution >= 4 is 55.5 Å². The summed E-state index contributed by atoms with van der Waals surface area (Å²) < 4.78 is 2.63. The molecule has 2 aromatic carbocycles. The molecule has 4 rings (SSSR count). The number of para-hydroxylation sites is 1. The second kappa shape index (κ2) is 8.01. The molecule has 0 aliphatic heterocycles. The number of anilines is 1. The lowest BCUT2D eigenvalue weighted by Crippen LogP contribution is -2.31. The first-order valence-corrected chi connectivity index (χ1v) is 10.9. The minimum atomic E-state index is -0.109. The minimum Gasteiger partial charge on any atom is -0.308 e. The lowest BCUT2D eigenvalue weighted by molar-refractivity contribution is 0.0991. The zero-order chi connectivity index (χ0) is 20.5. The summed E-state index contributed by atoms with van der Waals surface area (Å²) in [5.41, 5.74) is 1.60. The number of carbonyl (C=O) groups excluding carboxylic acids is 1. The van der Waals surface area contributed by atoms with Gasteiger partial charge in [0.1, 0.15) is 0 Å². The van der Waals surface area contributed by atoms with E-state index >= 15 is 0 Å². The van der Waals surface area contributed by atoms with Crippen molar-refractivity contribution in [2.24, 2.45) is 0 Å². The molecule has 0 aliphatic rings. The summed E-state index contributed by atoms with van der Waals surface area (Å²) in [6.07, 6.45) is 0.814. The van der Waals surface area contributed by atoms with Crippen molar-refractivity contribution in [1.29, 1.82) is 0 Å². The van der Waals surface area contributed by atoms with E-state index in [1.54, 1.807) is 27.7 Å². The summed E-state index contributed by atoms with van der Waals surface area (Å²) in [6.45, 7) is 5.15. The number of benzene rings is 2. The highest BCUT2D eigenvalue weighted by atomic mass is 35.5. The quantitative estimate of drug-likeness (QED) is 0.397. The van der Waals surface area contributed by atoms with Crippen LogP contribution in [-0.4, -0.2) is 17.0 Å². The topological polar surface area (TPSA) is 42.3 Å². The molecule has 0 N–H and O–H groups in total. The Kier molecular flexibility index (Phi) is 5.43. The van der Waals surface area contributed by atoms with Gasteiger partial charge in [-0.2, -0.15) is 0 Å². The van der Waals surface area contributed by atoms with Crippen LogP contribution < -0.4 is 10.5 Å². The van der Waals surface area contributed by atoms with Crippen molar-refractivity contribution in [2.75, 3.05) is 11.4 Å². The molecule has 2 aromatic heterocycles. The van der Waals surface area contributed by atoms with Crippen LogP contribution in [0.15, 0.2) is 59.4 Å². The Hall–Kier alpha value is -2.63. The van der Waals surface area contributed by atoms with E-state index in [1.807, 2.05) is 50.2 Å². The van der Waals surface area contributed by atoms with Gasteiger partial charge in [-0.15, -0.1) is 11.3 Å². The number of hydrogen-bond donors (Lipinski definition) is 0. The summed E-state index contributed by atoms with van der Waals surface area (Å²) in [5.74, 6) is -0.109. The minimum absolute atomic E-state index is 0.0544. The van der Waals surface area contributed by atoms with Crippen LogP contribution in [-0.2, 0) is 6.54 Å². The van der Waals surface area contributed by atoms with Crippen LogP contribution in [0.25, 0.3) is 21.0 Å². The van der Waals surface area contributed by atoms with E-state index in [0.717, 1.165) is 27.7 Å². The molecule has 0 saturated heterocycles. The first kappa shape index (κ1) is 19.7. The van der Waals surface area contributed by atoms with Gasteiger partial charge >= 0.3 is 0 Å². The molecule has 0 fully saturated rings. The second-order valence-electron chi connectivity index (χ2n) is 6.86. The van der Waals surface area contributed by atoms with E-state index in [9.17, 15) is 9.59 Å². The molecule has 148 valence electrons. The highest BCUT2D eigenvalue weighted by molar-refractivity contribution is 7.21. The number of thiophene rings is 1. The number of nitrogens with zero attached hydrogens (tertiary/aromatic N) is 2. The number of aromatic nitrogens is 1. The van der Waals surface area contributed by atoms with Crippen LogP contribution in [0.4, 0.5) is 5.69 Å². The maximum Gasteiger partial charge on any atom is 0.268 e. The summed E-state index contributed by atoms with van der Waals surface area (Å²) in [4.78, 5) is 28.7. The normalized spacial score (nSPS) is 11.3. The van der Waals surface area contributed by atoms with Gasteiger partial charge in [-0.05, 0) is 43.7 Å². The van der Waals surface area contributed by atoms with Crippen LogP contribution in [0.5, 0.6) is 0 Å². The van der Waals surface area contributed by atoms with Gasteiger partial charge in [0, 0.05) is 33.9 Å². The number of pyridine rings is 1. The Bertz CT molecular complexity index is 1280. The van der Waals surface area contributed by atoms with Crippen LogP contribution >= 0.6 is 22.9 Å². The highest BCUT2D eigenvalue weighted by Gasteiger charge is 2.22. The van der Waals surface area contributed by atoms with E-state index in [4.69, 9.17) is 11.6 Å². The predicted molar refractivity (Wildman–Crippen MR) is 123 cm³/mol. The predicted octanol–water partition coefficient (Wildman–Crippen LogP) is 5.95. The summed E-state index contributed by atoms with van der Waals surface area (Å²) in [6, 6.07) is 16.9. The lowest BCUT2D eigenvalue weighted by atomic mass is 10.1. The van der Waals surface area contributed by atoms with E-state index in [1.165, 1.54) is 11.3 Å². The third-order valence-corrected chi connectivity index (χ3v) is 6.38. The van der Waals surface area contributed by atoms with E-state index in [2.05, 4.69) is 0 Å². The Labute approximate surface area is 177 Å². The third-order valence-electron chi connectivity index (χ3n) is 4.99. The Morgan fingerprint density at radius 3 is 2.59 bits per heavy atom. The molecule has 4 aromatic rings. The van der Waals surface area contributed by atoms with Crippen molar-refractivity contribution in [2.45, 2.75) is 26.8 Å². The number of carbonyl (C=O) groups is 1. The average Bonchev–Trinajstić information content (AvgIpc) is 3.18. The van der Waals surface area contributed by atoms with E-state index in [0.29, 0.717) is 28.4 Å². The fourth-order valence-corrected chi connectivity index (χ4v) is 4.99. The highest BCUT2D eigenvalue weighted by Crippen LogP contribution is 2.32. The number of hydrogen-bond acceptors (Lipinski definition) is 3. The molecule has 0 atom stereocenters. The van der Waals surface area contributed by atoms with Crippen molar-refractivity contribution < 1.29 is 4.79 Å². The van der Waals surface area contributed by atoms with Crippen molar-refractivity contribution in [3.63, 3.8) is 0 Å². The SMILES string of the molecule is CCCN(C(=O)c1cc2c(=O)n(CC)c3ccccc3c2s1)c1cccc(Cl)c1. The summed E-state index contributed by atoms with van der Waals surface area (Å²) in [7, 11) is 0. The zero-order valence-corrected chi connectivity index (χ0v) is 17.9. The number of rotatable bonds is 5. The van der Waals surface area contributed by atoms with Crippen LogP contribution in [0.3, 0.4) is 0 Å². The van der Waals surface area contributed by atoms with Gasteiger partial charge in [0.2, 0.25) is 0 Å². The molecule has 4 nitrogen and oxygen atoms in total. The zero-order valence-electron chi connectivity index (χ0n) is 16.3. The van der Waals surface area contributed by atoms with E-state index < -0.39 is 0 Å². The number of fused-ring (bicyclic) bond motifs is 3. The molecule has 0 radical (unpaired) electrons. The van der Waals surface area contributed by atoms with Gasteiger partial charge in [0.05, 0.1) is 15.8 Å². The molecular formula is C23H21ClN2O2S. The second-order valence-corrected chi connectivity index (χ2v) is 8.35. The van der Waals surface area contributed by atoms with Crippen LogP contribution in [0.1, 0.15) is 29.9 Å². The molecule has 29 heavy (non-hydrogen) atoms.